The van der Waals surface area contributed by atoms with Crippen LogP contribution in [0.2, 0.25) is 0 Å². The summed E-state index contributed by atoms with van der Waals surface area (Å²) in [6.07, 6.45) is 7.94. The van der Waals surface area contributed by atoms with Crippen LogP contribution in [0, 0.1) is 0 Å². The number of nitrogens with one attached hydrogen (secondary N) is 1. The molecule has 3 nitrogen and oxygen atoms in total. The highest BCUT2D eigenvalue weighted by molar-refractivity contribution is 5.91. The Hall–Kier alpha value is -1.77. The molecule has 0 bridgehead atoms. The SMILES string of the molecule is CN(C(=O)NC=C1CCCCC1)c1ccccc1. The molecule has 1 aliphatic rings. The second-order valence-electron chi connectivity index (χ2n) is 4.71. The van der Waals surface area contributed by atoms with Gasteiger partial charge in [-0.3, -0.25) is 4.90 Å². The number of para-hydroxylation sites is 1. The largest absolute Gasteiger partial charge is 0.325 e. The molecule has 0 aromatic heterocycles. The number of carbonyl (C=O) groups is 1. The summed E-state index contributed by atoms with van der Waals surface area (Å²) in [5, 5.41) is 2.88. The molecule has 1 saturated carbocycles. The molecule has 2 amide bonds. The molecule has 18 heavy (non-hydrogen) atoms. The molecule has 0 atom stereocenters. The topological polar surface area (TPSA) is 32.3 Å². The first-order valence-corrected chi connectivity index (χ1v) is 6.54. The Balaban J connectivity index is 1.91. The fourth-order valence-electron chi connectivity index (χ4n) is 2.18. The Morgan fingerprint density at radius 1 is 1.17 bits per heavy atom. The van der Waals surface area contributed by atoms with Crippen molar-refractivity contribution >= 4 is 11.7 Å². The van der Waals surface area contributed by atoms with Crippen molar-refractivity contribution in [2.24, 2.45) is 0 Å². The molecule has 0 heterocycles. The van der Waals surface area contributed by atoms with Crippen molar-refractivity contribution in [3.8, 4) is 0 Å². The lowest BCUT2D eigenvalue weighted by Gasteiger charge is -2.18. The third-order valence-electron chi connectivity index (χ3n) is 3.34. The molecule has 1 fully saturated rings. The number of nitrogens with zero attached hydrogens (tertiary/aromatic N) is 1. The maximum absolute atomic E-state index is 12.0. The molecule has 0 aliphatic heterocycles. The Morgan fingerprint density at radius 2 is 1.83 bits per heavy atom. The summed E-state index contributed by atoms with van der Waals surface area (Å²) in [6, 6.07) is 9.57. The monoisotopic (exact) mass is 244 g/mol. The molecule has 1 aromatic carbocycles. The van der Waals surface area contributed by atoms with Gasteiger partial charge in [0.2, 0.25) is 0 Å². The van der Waals surface area contributed by atoms with E-state index in [4.69, 9.17) is 0 Å². The van der Waals surface area contributed by atoms with Crippen molar-refractivity contribution in [3.05, 3.63) is 42.1 Å². The van der Waals surface area contributed by atoms with Crippen molar-refractivity contribution in [2.75, 3.05) is 11.9 Å². The lowest BCUT2D eigenvalue weighted by atomic mass is 9.96. The fraction of sp³-hybridized carbons (Fsp3) is 0.400. The molecule has 1 N–H and O–H groups in total. The van der Waals surface area contributed by atoms with Crippen LogP contribution in [0.1, 0.15) is 32.1 Å². The quantitative estimate of drug-likeness (QED) is 0.845. The number of hydrogen-bond donors (Lipinski definition) is 1. The highest BCUT2D eigenvalue weighted by Crippen LogP contribution is 2.21. The van der Waals surface area contributed by atoms with Crippen molar-refractivity contribution in [1.82, 2.24) is 5.32 Å². The first-order chi connectivity index (χ1) is 8.77. The third kappa shape index (κ3) is 3.36. The Morgan fingerprint density at radius 3 is 2.50 bits per heavy atom. The molecule has 1 aromatic rings. The van der Waals surface area contributed by atoms with Crippen LogP contribution in [0.4, 0.5) is 10.5 Å². The van der Waals surface area contributed by atoms with Crippen molar-refractivity contribution in [2.45, 2.75) is 32.1 Å². The van der Waals surface area contributed by atoms with Gasteiger partial charge in [-0.15, -0.1) is 0 Å². The molecular weight excluding hydrogens is 224 g/mol. The number of anilines is 1. The van der Waals surface area contributed by atoms with Crippen molar-refractivity contribution in [3.63, 3.8) is 0 Å². The lowest BCUT2D eigenvalue weighted by molar-refractivity contribution is 0.250. The standard InChI is InChI=1S/C15H20N2O/c1-17(14-10-6-3-7-11-14)15(18)16-12-13-8-4-2-5-9-13/h3,6-7,10-12H,2,4-5,8-9H2,1H3,(H,16,18). The smallest absolute Gasteiger partial charge is 0.314 e. The van der Waals surface area contributed by atoms with E-state index >= 15 is 0 Å². The zero-order valence-corrected chi connectivity index (χ0v) is 10.9. The summed E-state index contributed by atoms with van der Waals surface area (Å²) >= 11 is 0. The zero-order chi connectivity index (χ0) is 12.8. The molecular formula is C15H20N2O. The van der Waals surface area contributed by atoms with Crippen molar-refractivity contribution in [1.29, 1.82) is 0 Å². The first kappa shape index (κ1) is 12.7. The Labute approximate surface area is 108 Å². The van der Waals surface area contributed by atoms with Crippen LogP contribution in [0.15, 0.2) is 42.1 Å². The maximum Gasteiger partial charge on any atom is 0.325 e. The number of urea groups is 1. The summed E-state index contributed by atoms with van der Waals surface area (Å²) in [4.78, 5) is 13.6. The molecule has 96 valence electrons. The van der Waals surface area contributed by atoms with Crippen LogP contribution in [0.5, 0.6) is 0 Å². The average molecular weight is 244 g/mol. The van der Waals surface area contributed by atoms with Gasteiger partial charge in [0.05, 0.1) is 0 Å². The minimum atomic E-state index is -0.0840. The first-order valence-electron chi connectivity index (χ1n) is 6.54. The molecule has 1 aliphatic carbocycles. The van der Waals surface area contributed by atoms with E-state index in [-0.39, 0.29) is 6.03 Å². The zero-order valence-electron chi connectivity index (χ0n) is 10.9. The van der Waals surface area contributed by atoms with Gasteiger partial charge in [-0.1, -0.05) is 30.2 Å². The minimum absolute atomic E-state index is 0.0840. The summed E-state index contributed by atoms with van der Waals surface area (Å²) in [6.45, 7) is 0. The van der Waals surface area contributed by atoms with Gasteiger partial charge >= 0.3 is 6.03 Å². The van der Waals surface area contributed by atoms with Gasteiger partial charge in [-0.2, -0.15) is 0 Å². The highest BCUT2D eigenvalue weighted by Gasteiger charge is 2.10. The predicted molar refractivity (Wildman–Crippen MR) is 74.5 cm³/mol. The van der Waals surface area contributed by atoms with E-state index in [1.54, 1.807) is 11.9 Å². The summed E-state index contributed by atoms with van der Waals surface area (Å²) < 4.78 is 0. The van der Waals surface area contributed by atoms with E-state index in [9.17, 15) is 4.79 Å². The number of carbonyl (C=O) groups excluding carboxylic acids is 1. The van der Waals surface area contributed by atoms with Crippen LogP contribution >= 0.6 is 0 Å². The molecule has 0 spiro atoms. The number of benzene rings is 1. The van der Waals surface area contributed by atoms with Gasteiger partial charge in [0.25, 0.3) is 0 Å². The number of amides is 2. The maximum atomic E-state index is 12.0. The molecule has 3 heteroatoms. The van der Waals surface area contributed by atoms with Gasteiger partial charge in [-0.05, 0) is 37.8 Å². The van der Waals surface area contributed by atoms with Gasteiger partial charge in [-0.25, -0.2) is 4.79 Å². The van der Waals surface area contributed by atoms with Crippen LogP contribution in [-0.4, -0.2) is 13.1 Å². The Bertz CT molecular complexity index is 417. The van der Waals surface area contributed by atoms with E-state index in [2.05, 4.69) is 5.32 Å². The average Bonchev–Trinajstić information content (AvgIpc) is 2.46. The highest BCUT2D eigenvalue weighted by atomic mass is 16.2. The van der Waals surface area contributed by atoms with Crippen LogP contribution in [0.25, 0.3) is 0 Å². The summed E-state index contributed by atoms with van der Waals surface area (Å²) in [5.74, 6) is 0. The molecule has 0 unspecified atom stereocenters. The van der Waals surface area contributed by atoms with Crippen LogP contribution in [-0.2, 0) is 0 Å². The normalized spacial score (nSPS) is 15.1. The van der Waals surface area contributed by atoms with Gasteiger partial charge in [0.15, 0.2) is 0 Å². The summed E-state index contributed by atoms with van der Waals surface area (Å²) in [7, 11) is 1.78. The van der Waals surface area contributed by atoms with Gasteiger partial charge in [0, 0.05) is 18.9 Å². The van der Waals surface area contributed by atoms with E-state index in [1.165, 1.54) is 24.8 Å². The Kier molecular flexibility index (Phi) is 4.40. The van der Waals surface area contributed by atoms with Crippen LogP contribution < -0.4 is 10.2 Å². The third-order valence-corrected chi connectivity index (χ3v) is 3.34. The lowest BCUT2D eigenvalue weighted by Crippen LogP contribution is -2.34. The van der Waals surface area contributed by atoms with E-state index in [0.29, 0.717) is 0 Å². The second-order valence-corrected chi connectivity index (χ2v) is 4.71. The van der Waals surface area contributed by atoms with Gasteiger partial charge in [0.1, 0.15) is 0 Å². The summed E-state index contributed by atoms with van der Waals surface area (Å²) in [5.41, 5.74) is 2.26. The number of hydrogen-bond acceptors (Lipinski definition) is 1. The van der Waals surface area contributed by atoms with E-state index in [0.717, 1.165) is 18.5 Å². The predicted octanol–water partition coefficient (Wildman–Crippen LogP) is 3.68. The minimum Gasteiger partial charge on any atom is -0.314 e. The number of rotatable bonds is 2. The molecule has 2 rings (SSSR count). The van der Waals surface area contributed by atoms with Crippen LogP contribution in [0.3, 0.4) is 0 Å². The van der Waals surface area contributed by atoms with E-state index < -0.39 is 0 Å². The number of allylic oxidation sites excluding steroid dienone is 1. The molecule has 0 radical (unpaired) electrons. The van der Waals surface area contributed by atoms with Gasteiger partial charge < -0.3 is 5.32 Å². The van der Waals surface area contributed by atoms with E-state index in [1.807, 2.05) is 36.5 Å². The fourth-order valence-corrected chi connectivity index (χ4v) is 2.18. The second kappa shape index (κ2) is 6.24. The molecule has 0 saturated heterocycles. The van der Waals surface area contributed by atoms with Crippen molar-refractivity contribution < 1.29 is 4.79 Å².